The highest BCUT2D eigenvalue weighted by molar-refractivity contribution is 5.95. The Morgan fingerprint density at radius 2 is 1.81 bits per heavy atom. The lowest BCUT2D eigenvalue weighted by Gasteiger charge is -2.16. The number of carbonyl (C=O) groups excluding carboxylic acids is 1. The van der Waals surface area contributed by atoms with Crippen LogP contribution in [0.5, 0.6) is 0 Å². The van der Waals surface area contributed by atoms with Crippen molar-refractivity contribution in [1.29, 1.82) is 0 Å². The maximum absolute atomic E-state index is 12.9. The summed E-state index contributed by atoms with van der Waals surface area (Å²) < 4.78 is 12.9. The molecule has 1 N–H and O–H groups in total. The minimum atomic E-state index is -0.282. The van der Waals surface area contributed by atoms with Crippen molar-refractivity contribution in [3.8, 4) is 0 Å². The van der Waals surface area contributed by atoms with Gasteiger partial charge in [0.05, 0.1) is 6.04 Å². The molecule has 0 fully saturated rings. The van der Waals surface area contributed by atoms with Crippen LogP contribution in [0, 0.1) is 5.82 Å². The average Bonchev–Trinajstić information content (AvgIpc) is 2.48. The molecule has 0 unspecified atom stereocenters. The van der Waals surface area contributed by atoms with E-state index in [0.717, 1.165) is 11.3 Å². The van der Waals surface area contributed by atoms with Crippen molar-refractivity contribution in [2.75, 3.05) is 19.0 Å². The number of halogens is 1. The molecule has 0 aliphatic carbocycles. The second-order valence-corrected chi connectivity index (χ2v) is 5.19. The molecule has 2 aromatic carbocycles. The second-order valence-electron chi connectivity index (χ2n) is 5.19. The molecule has 4 heteroatoms. The van der Waals surface area contributed by atoms with Crippen LogP contribution in [0.1, 0.15) is 28.9 Å². The van der Waals surface area contributed by atoms with Crippen LogP contribution in [0.4, 0.5) is 10.1 Å². The molecule has 0 aliphatic rings. The first-order chi connectivity index (χ1) is 9.97. The van der Waals surface area contributed by atoms with Crippen LogP contribution in [0.15, 0.2) is 48.5 Å². The predicted octanol–water partition coefficient (Wildman–Crippen LogP) is 3.38. The van der Waals surface area contributed by atoms with Crippen molar-refractivity contribution in [3.63, 3.8) is 0 Å². The van der Waals surface area contributed by atoms with E-state index in [1.54, 1.807) is 18.2 Å². The Morgan fingerprint density at radius 1 is 1.14 bits per heavy atom. The quantitative estimate of drug-likeness (QED) is 0.934. The first-order valence-corrected chi connectivity index (χ1v) is 6.81. The summed E-state index contributed by atoms with van der Waals surface area (Å²) in [6.07, 6.45) is 0. The zero-order valence-electron chi connectivity index (χ0n) is 12.4. The maximum Gasteiger partial charge on any atom is 0.251 e. The number of nitrogens with zero attached hydrogens (tertiary/aromatic N) is 1. The third-order valence-electron chi connectivity index (χ3n) is 3.34. The number of anilines is 1. The third-order valence-corrected chi connectivity index (χ3v) is 3.34. The van der Waals surface area contributed by atoms with Gasteiger partial charge in [0, 0.05) is 25.3 Å². The molecular weight excluding hydrogens is 267 g/mol. The zero-order valence-corrected chi connectivity index (χ0v) is 12.4. The Balaban J connectivity index is 2.10. The minimum absolute atomic E-state index is 0.143. The van der Waals surface area contributed by atoms with Crippen LogP contribution >= 0.6 is 0 Å². The molecule has 0 radical (unpaired) electrons. The summed E-state index contributed by atoms with van der Waals surface area (Å²) in [4.78, 5) is 14.2. The molecule has 3 nitrogen and oxygen atoms in total. The van der Waals surface area contributed by atoms with Crippen molar-refractivity contribution >= 4 is 11.6 Å². The average molecular weight is 286 g/mol. The standard InChI is InChI=1S/C17H19FN2O/c1-12(13-7-9-15(18)10-8-13)19-17(21)14-5-4-6-16(11-14)20(2)3/h4-12H,1-3H3,(H,19,21)/t12-/m0/s1. The van der Waals surface area contributed by atoms with Gasteiger partial charge in [0.15, 0.2) is 0 Å². The highest BCUT2D eigenvalue weighted by Gasteiger charge is 2.12. The predicted molar refractivity (Wildman–Crippen MR) is 83.1 cm³/mol. The summed E-state index contributed by atoms with van der Waals surface area (Å²) in [6.45, 7) is 1.88. The number of amides is 1. The number of rotatable bonds is 4. The lowest BCUT2D eigenvalue weighted by Crippen LogP contribution is -2.26. The molecule has 0 saturated carbocycles. The van der Waals surface area contributed by atoms with Gasteiger partial charge in [0.1, 0.15) is 5.82 Å². The molecule has 0 aromatic heterocycles. The van der Waals surface area contributed by atoms with E-state index in [1.807, 2.05) is 44.1 Å². The van der Waals surface area contributed by atoms with E-state index in [4.69, 9.17) is 0 Å². The lowest BCUT2D eigenvalue weighted by molar-refractivity contribution is 0.0940. The van der Waals surface area contributed by atoms with E-state index in [-0.39, 0.29) is 17.8 Å². The summed E-state index contributed by atoms with van der Waals surface area (Å²) in [7, 11) is 3.86. The van der Waals surface area contributed by atoms with Gasteiger partial charge in [-0.3, -0.25) is 4.79 Å². The van der Waals surface area contributed by atoms with Crippen LogP contribution in [0.3, 0.4) is 0 Å². The Bertz CT molecular complexity index is 623. The zero-order chi connectivity index (χ0) is 15.4. The Labute approximate surface area is 124 Å². The van der Waals surface area contributed by atoms with Crippen molar-refractivity contribution < 1.29 is 9.18 Å². The first-order valence-electron chi connectivity index (χ1n) is 6.81. The maximum atomic E-state index is 12.9. The molecule has 0 spiro atoms. The molecule has 0 aliphatic heterocycles. The Hall–Kier alpha value is -2.36. The topological polar surface area (TPSA) is 32.3 Å². The van der Waals surface area contributed by atoms with Gasteiger partial charge in [-0.25, -0.2) is 4.39 Å². The van der Waals surface area contributed by atoms with E-state index < -0.39 is 0 Å². The molecule has 2 aromatic rings. The summed E-state index contributed by atoms with van der Waals surface area (Å²) in [5.41, 5.74) is 2.45. The SMILES string of the molecule is C[C@H](NC(=O)c1cccc(N(C)C)c1)c1ccc(F)cc1. The number of nitrogens with one attached hydrogen (secondary N) is 1. The molecule has 21 heavy (non-hydrogen) atoms. The molecule has 2 rings (SSSR count). The minimum Gasteiger partial charge on any atom is -0.378 e. The van der Waals surface area contributed by atoms with Gasteiger partial charge in [0.25, 0.3) is 5.91 Å². The van der Waals surface area contributed by atoms with Gasteiger partial charge >= 0.3 is 0 Å². The van der Waals surface area contributed by atoms with E-state index >= 15 is 0 Å². The molecule has 0 heterocycles. The van der Waals surface area contributed by atoms with E-state index in [2.05, 4.69) is 5.32 Å². The molecule has 1 amide bonds. The molecule has 0 bridgehead atoms. The van der Waals surface area contributed by atoms with Crippen LogP contribution in [-0.4, -0.2) is 20.0 Å². The summed E-state index contributed by atoms with van der Waals surface area (Å²) >= 11 is 0. The fraction of sp³-hybridized carbons (Fsp3) is 0.235. The number of benzene rings is 2. The van der Waals surface area contributed by atoms with E-state index in [9.17, 15) is 9.18 Å². The summed E-state index contributed by atoms with van der Waals surface area (Å²) in [6, 6.07) is 13.4. The molecular formula is C17H19FN2O. The van der Waals surface area contributed by atoms with Gasteiger partial charge in [-0.05, 0) is 42.8 Å². The number of hydrogen-bond donors (Lipinski definition) is 1. The largest absolute Gasteiger partial charge is 0.378 e. The third kappa shape index (κ3) is 3.81. The van der Waals surface area contributed by atoms with Gasteiger partial charge in [-0.15, -0.1) is 0 Å². The smallest absolute Gasteiger partial charge is 0.251 e. The van der Waals surface area contributed by atoms with Crippen LogP contribution in [0.2, 0.25) is 0 Å². The van der Waals surface area contributed by atoms with Gasteiger partial charge < -0.3 is 10.2 Å². The number of carbonyl (C=O) groups is 1. The normalized spacial score (nSPS) is 11.8. The van der Waals surface area contributed by atoms with Gasteiger partial charge in [0.2, 0.25) is 0 Å². The van der Waals surface area contributed by atoms with Crippen molar-refractivity contribution in [2.24, 2.45) is 0 Å². The van der Waals surface area contributed by atoms with E-state index in [0.29, 0.717) is 5.56 Å². The van der Waals surface area contributed by atoms with Crippen LogP contribution in [-0.2, 0) is 0 Å². The van der Waals surface area contributed by atoms with Crippen molar-refractivity contribution in [2.45, 2.75) is 13.0 Å². The monoisotopic (exact) mass is 286 g/mol. The summed E-state index contributed by atoms with van der Waals surface area (Å²) in [5.74, 6) is -0.425. The fourth-order valence-corrected chi connectivity index (χ4v) is 2.04. The van der Waals surface area contributed by atoms with Crippen LogP contribution in [0.25, 0.3) is 0 Å². The van der Waals surface area contributed by atoms with Gasteiger partial charge in [-0.2, -0.15) is 0 Å². The highest BCUT2D eigenvalue weighted by Crippen LogP contribution is 2.16. The molecule has 1 atom stereocenters. The van der Waals surface area contributed by atoms with Crippen LogP contribution < -0.4 is 10.2 Å². The number of hydrogen-bond acceptors (Lipinski definition) is 2. The lowest BCUT2D eigenvalue weighted by atomic mass is 10.1. The van der Waals surface area contributed by atoms with Gasteiger partial charge in [-0.1, -0.05) is 18.2 Å². The van der Waals surface area contributed by atoms with Crippen molar-refractivity contribution in [1.82, 2.24) is 5.32 Å². The fourth-order valence-electron chi connectivity index (χ4n) is 2.04. The second kappa shape index (κ2) is 6.39. The molecule has 110 valence electrons. The molecule has 0 saturated heterocycles. The Morgan fingerprint density at radius 3 is 2.43 bits per heavy atom. The van der Waals surface area contributed by atoms with Crippen molar-refractivity contribution in [3.05, 3.63) is 65.5 Å². The Kier molecular flexibility index (Phi) is 4.58. The highest BCUT2D eigenvalue weighted by atomic mass is 19.1. The van der Waals surface area contributed by atoms with E-state index in [1.165, 1.54) is 12.1 Å². The summed E-state index contributed by atoms with van der Waals surface area (Å²) in [5, 5.41) is 2.92. The first kappa shape index (κ1) is 15.0.